The number of ether oxygens (including phenoxy) is 2. The summed E-state index contributed by atoms with van der Waals surface area (Å²) in [5.74, 6) is 0.454. The third kappa shape index (κ3) is 3.60. The molecular formula is C15H17NO5. The molecule has 1 heterocycles. The highest BCUT2D eigenvalue weighted by molar-refractivity contribution is 5.51. The minimum atomic E-state index is -1.34. The van der Waals surface area contributed by atoms with Crippen LogP contribution in [-0.2, 0) is 4.74 Å². The Bertz CT molecular complexity index is 536. The van der Waals surface area contributed by atoms with E-state index in [2.05, 4.69) is 4.85 Å². The van der Waals surface area contributed by atoms with E-state index in [9.17, 15) is 15.3 Å². The van der Waals surface area contributed by atoms with E-state index in [-0.39, 0.29) is 0 Å². The molecule has 0 saturated carbocycles. The van der Waals surface area contributed by atoms with Crippen LogP contribution in [0.1, 0.15) is 12.5 Å². The van der Waals surface area contributed by atoms with Gasteiger partial charge in [0.1, 0.15) is 24.1 Å². The smallest absolute Gasteiger partial charge is 0.229 e. The molecule has 0 bridgehead atoms. The Morgan fingerprint density at radius 3 is 2.43 bits per heavy atom. The van der Waals surface area contributed by atoms with Crippen LogP contribution in [0.25, 0.3) is 10.9 Å². The lowest BCUT2D eigenvalue weighted by Crippen LogP contribution is -2.58. The molecule has 3 N–H and O–H groups in total. The highest BCUT2D eigenvalue weighted by Gasteiger charge is 2.43. The van der Waals surface area contributed by atoms with Crippen molar-refractivity contribution in [3.05, 3.63) is 47.4 Å². The molecule has 1 aromatic rings. The van der Waals surface area contributed by atoms with Crippen LogP contribution >= 0.6 is 0 Å². The van der Waals surface area contributed by atoms with Crippen LogP contribution in [0.2, 0.25) is 0 Å². The minimum absolute atomic E-state index is 0.454. The van der Waals surface area contributed by atoms with Crippen molar-refractivity contribution in [2.24, 2.45) is 0 Å². The molecule has 0 amide bonds. The Hall–Kier alpha value is -1.91. The normalized spacial score (nSPS) is 32.8. The van der Waals surface area contributed by atoms with Crippen LogP contribution in [0.4, 0.5) is 0 Å². The van der Waals surface area contributed by atoms with E-state index in [1.54, 1.807) is 37.3 Å². The van der Waals surface area contributed by atoms with Gasteiger partial charge in [0.2, 0.25) is 6.29 Å². The fourth-order valence-corrected chi connectivity index (χ4v) is 2.03. The molecule has 0 radical (unpaired) electrons. The lowest BCUT2D eigenvalue weighted by atomic mass is 10.00. The Balaban J connectivity index is 2.04. The van der Waals surface area contributed by atoms with Crippen molar-refractivity contribution in [2.75, 3.05) is 0 Å². The average Bonchev–Trinajstić information content (AvgIpc) is 2.50. The Morgan fingerprint density at radius 1 is 1.14 bits per heavy atom. The summed E-state index contributed by atoms with van der Waals surface area (Å²) in [5.41, 5.74) is 0.840. The molecule has 0 aliphatic carbocycles. The van der Waals surface area contributed by atoms with Gasteiger partial charge in [-0.15, -0.1) is 0 Å². The average molecular weight is 291 g/mol. The molecular weight excluding hydrogens is 274 g/mol. The van der Waals surface area contributed by atoms with Crippen LogP contribution in [0.15, 0.2) is 30.5 Å². The van der Waals surface area contributed by atoms with Crippen LogP contribution < -0.4 is 4.74 Å². The van der Waals surface area contributed by atoms with Crippen molar-refractivity contribution in [1.82, 2.24) is 0 Å². The van der Waals surface area contributed by atoms with Crippen molar-refractivity contribution >= 4 is 6.08 Å². The first-order valence-corrected chi connectivity index (χ1v) is 6.52. The molecule has 1 aliphatic heterocycles. The van der Waals surface area contributed by atoms with Gasteiger partial charge < -0.3 is 24.8 Å². The van der Waals surface area contributed by atoms with Gasteiger partial charge in [-0.1, -0.05) is 18.2 Å². The zero-order valence-electron chi connectivity index (χ0n) is 11.5. The standard InChI is InChI=1S/C15H17NO5/c1-9-12(17)13(18)14(19)15(20-9)21-11-5-3-10(4-6-11)7-8-16-2/h3-9,12-15,17-19H,1H3/b8-7+/t9-,12-,13+,14+,15-/m1/s1. The number of hydrogen-bond donors (Lipinski definition) is 3. The molecule has 6 heteroatoms. The second-order valence-corrected chi connectivity index (χ2v) is 4.81. The number of nitrogens with zero attached hydrogens (tertiary/aromatic N) is 1. The molecule has 1 fully saturated rings. The van der Waals surface area contributed by atoms with Gasteiger partial charge in [-0.05, 0) is 24.6 Å². The predicted molar refractivity (Wildman–Crippen MR) is 75.1 cm³/mol. The largest absolute Gasteiger partial charge is 0.462 e. The van der Waals surface area contributed by atoms with Gasteiger partial charge in [0.25, 0.3) is 0 Å². The maximum atomic E-state index is 9.85. The highest BCUT2D eigenvalue weighted by atomic mass is 16.7. The second kappa shape index (κ2) is 6.70. The summed E-state index contributed by atoms with van der Waals surface area (Å²) in [6.07, 6.45) is -2.50. The highest BCUT2D eigenvalue weighted by Crippen LogP contribution is 2.24. The molecule has 1 aliphatic rings. The van der Waals surface area contributed by atoms with Crippen LogP contribution in [0.3, 0.4) is 0 Å². The first-order chi connectivity index (χ1) is 10.0. The van der Waals surface area contributed by atoms with E-state index in [0.29, 0.717) is 5.75 Å². The van der Waals surface area contributed by atoms with E-state index in [4.69, 9.17) is 16.0 Å². The quantitative estimate of drug-likeness (QED) is 0.717. The van der Waals surface area contributed by atoms with Gasteiger partial charge in [0.05, 0.1) is 12.7 Å². The van der Waals surface area contributed by atoms with Gasteiger partial charge in [-0.3, -0.25) is 0 Å². The minimum Gasteiger partial charge on any atom is -0.462 e. The monoisotopic (exact) mass is 291 g/mol. The van der Waals surface area contributed by atoms with Gasteiger partial charge in [0, 0.05) is 0 Å². The first-order valence-electron chi connectivity index (χ1n) is 6.52. The van der Waals surface area contributed by atoms with Gasteiger partial charge >= 0.3 is 0 Å². The molecule has 5 atom stereocenters. The predicted octanol–water partition coefficient (Wildman–Crippen LogP) is 0.783. The third-order valence-electron chi connectivity index (χ3n) is 3.28. The SMILES string of the molecule is [C-]#[N+]/C=C/c1ccc(O[C@H]2O[C@H](C)[C@@H](O)[C@H](O)[C@@H]2O)cc1. The zero-order valence-corrected chi connectivity index (χ0v) is 11.5. The molecule has 2 rings (SSSR count). The first kappa shape index (κ1) is 15.5. The molecule has 6 nitrogen and oxygen atoms in total. The van der Waals surface area contributed by atoms with Crippen molar-refractivity contribution in [2.45, 2.75) is 37.6 Å². The molecule has 112 valence electrons. The lowest BCUT2D eigenvalue weighted by Gasteiger charge is -2.38. The summed E-state index contributed by atoms with van der Waals surface area (Å²) in [5, 5.41) is 29.2. The summed E-state index contributed by atoms with van der Waals surface area (Å²) in [6.45, 7) is 8.26. The molecule has 0 unspecified atom stereocenters. The van der Waals surface area contributed by atoms with Crippen molar-refractivity contribution < 1.29 is 24.8 Å². The molecule has 0 aromatic heterocycles. The summed E-state index contributed by atoms with van der Waals surface area (Å²) in [4.78, 5) is 3.11. The molecule has 1 aromatic carbocycles. The fraction of sp³-hybridized carbons (Fsp3) is 0.400. The lowest BCUT2D eigenvalue weighted by molar-refractivity contribution is -0.268. The van der Waals surface area contributed by atoms with Crippen LogP contribution in [-0.4, -0.2) is 46.0 Å². The maximum Gasteiger partial charge on any atom is 0.229 e. The number of rotatable bonds is 3. The van der Waals surface area contributed by atoms with E-state index in [0.717, 1.165) is 5.56 Å². The number of aliphatic hydroxyl groups excluding tert-OH is 3. The second-order valence-electron chi connectivity index (χ2n) is 4.81. The number of aliphatic hydroxyl groups is 3. The van der Waals surface area contributed by atoms with E-state index < -0.39 is 30.7 Å². The van der Waals surface area contributed by atoms with Crippen LogP contribution in [0, 0.1) is 6.57 Å². The third-order valence-corrected chi connectivity index (χ3v) is 3.28. The van der Waals surface area contributed by atoms with Gasteiger partial charge in [-0.2, -0.15) is 0 Å². The summed E-state index contributed by atoms with van der Waals surface area (Å²) >= 11 is 0. The number of hydrogen-bond acceptors (Lipinski definition) is 5. The summed E-state index contributed by atoms with van der Waals surface area (Å²) in [7, 11) is 0. The topological polar surface area (TPSA) is 83.5 Å². The van der Waals surface area contributed by atoms with E-state index >= 15 is 0 Å². The zero-order chi connectivity index (χ0) is 15.4. The Labute approximate surface area is 122 Å². The van der Waals surface area contributed by atoms with Crippen LogP contribution in [0.5, 0.6) is 5.75 Å². The van der Waals surface area contributed by atoms with Crippen molar-refractivity contribution in [3.8, 4) is 5.75 Å². The maximum absolute atomic E-state index is 9.85. The molecule has 1 saturated heterocycles. The number of benzene rings is 1. The van der Waals surface area contributed by atoms with Gasteiger partial charge in [0.15, 0.2) is 6.20 Å². The van der Waals surface area contributed by atoms with E-state index in [1.807, 2.05) is 0 Å². The van der Waals surface area contributed by atoms with E-state index in [1.165, 1.54) is 6.20 Å². The Kier molecular flexibility index (Phi) is 4.94. The summed E-state index contributed by atoms with van der Waals surface area (Å²) in [6, 6.07) is 6.84. The molecule has 21 heavy (non-hydrogen) atoms. The van der Waals surface area contributed by atoms with Crippen molar-refractivity contribution in [1.29, 1.82) is 0 Å². The molecule has 0 spiro atoms. The summed E-state index contributed by atoms with van der Waals surface area (Å²) < 4.78 is 10.8. The van der Waals surface area contributed by atoms with Gasteiger partial charge in [-0.25, -0.2) is 4.85 Å². The fourth-order valence-electron chi connectivity index (χ4n) is 2.03. The van der Waals surface area contributed by atoms with Crippen molar-refractivity contribution in [3.63, 3.8) is 0 Å². The Morgan fingerprint density at radius 2 is 1.81 bits per heavy atom.